The number of anilines is 1. The van der Waals surface area contributed by atoms with Crippen molar-refractivity contribution in [2.45, 2.75) is 6.18 Å². The summed E-state index contributed by atoms with van der Waals surface area (Å²) in [6, 6.07) is 7.92. The molecule has 7 heteroatoms. The first-order valence-electron chi connectivity index (χ1n) is 5.56. The zero-order chi connectivity index (χ0) is 14.9. The molecule has 0 saturated carbocycles. The van der Waals surface area contributed by atoms with E-state index in [-0.39, 0.29) is 27.5 Å². The molecule has 0 aliphatic heterocycles. The number of rotatable bonds is 3. The second kappa shape index (κ2) is 5.16. The van der Waals surface area contributed by atoms with Gasteiger partial charge in [0, 0.05) is 12.6 Å². The molecule has 0 saturated heterocycles. The normalized spacial score (nSPS) is 11.4. The van der Waals surface area contributed by atoms with Crippen LogP contribution in [0.1, 0.15) is 14.5 Å². The minimum absolute atomic E-state index is 0.0129. The van der Waals surface area contributed by atoms with Crippen molar-refractivity contribution in [3.8, 4) is 11.1 Å². The Morgan fingerprint density at radius 3 is 2.30 bits per heavy atom. The number of carboxylic acid groups (broad SMARTS) is 1. The topological polar surface area (TPSA) is 49.3 Å². The van der Waals surface area contributed by atoms with Crippen LogP contribution >= 0.6 is 11.3 Å². The van der Waals surface area contributed by atoms with E-state index in [0.29, 0.717) is 5.56 Å². The molecular formula is C13H10F3NO2S. The lowest BCUT2D eigenvalue weighted by Crippen LogP contribution is -2.04. The van der Waals surface area contributed by atoms with Crippen LogP contribution in [0.25, 0.3) is 11.1 Å². The lowest BCUT2D eigenvalue weighted by Gasteiger charge is -2.10. The third kappa shape index (κ3) is 2.49. The van der Waals surface area contributed by atoms with Crippen LogP contribution in [-0.4, -0.2) is 18.1 Å². The lowest BCUT2D eigenvalue weighted by atomic mass is 10.0. The van der Waals surface area contributed by atoms with Crippen LogP contribution in [0, 0.1) is 0 Å². The first-order chi connectivity index (χ1) is 9.36. The van der Waals surface area contributed by atoms with E-state index in [1.807, 2.05) is 0 Å². The molecule has 2 N–H and O–H groups in total. The van der Waals surface area contributed by atoms with Crippen LogP contribution in [0.5, 0.6) is 0 Å². The highest BCUT2D eigenvalue weighted by Crippen LogP contribution is 2.48. The predicted molar refractivity (Wildman–Crippen MR) is 71.3 cm³/mol. The maximum absolute atomic E-state index is 13.1. The summed E-state index contributed by atoms with van der Waals surface area (Å²) in [4.78, 5) is 9.85. The average Bonchev–Trinajstić information content (AvgIpc) is 2.79. The van der Waals surface area contributed by atoms with Crippen LogP contribution in [0.4, 0.5) is 18.9 Å². The SMILES string of the molecule is CNc1c(C(=O)O)sc(C(F)(F)F)c1-c1ccccc1. The number of aromatic carboxylic acids is 1. The van der Waals surface area contributed by atoms with Gasteiger partial charge in [0.2, 0.25) is 0 Å². The van der Waals surface area contributed by atoms with Gasteiger partial charge in [-0.1, -0.05) is 30.3 Å². The van der Waals surface area contributed by atoms with Gasteiger partial charge in [0.25, 0.3) is 0 Å². The smallest absolute Gasteiger partial charge is 0.426 e. The highest BCUT2D eigenvalue weighted by atomic mass is 32.1. The Balaban J connectivity index is 2.79. The van der Waals surface area contributed by atoms with Crippen molar-refractivity contribution >= 4 is 23.0 Å². The number of halogens is 3. The standard InChI is InChI=1S/C13H10F3NO2S/c1-17-9-8(7-5-3-2-4-6-7)11(13(14,15)16)20-10(9)12(18)19/h2-6,17H,1H3,(H,18,19). The molecule has 1 heterocycles. The summed E-state index contributed by atoms with van der Waals surface area (Å²) in [7, 11) is 1.40. The van der Waals surface area contributed by atoms with E-state index in [9.17, 15) is 18.0 Å². The molecule has 0 aliphatic carbocycles. The van der Waals surface area contributed by atoms with Gasteiger partial charge < -0.3 is 10.4 Å². The fourth-order valence-corrected chi connectivity index (χ4v) is 2.94. The van der Waals surface area contributed by atoms with Gasteiger partial charge in [-0.15, -0.1) is 11.3 Å². The molecule has 0 unspecified atom stereocenters. The molecule has 106 valence electrons. The molecule has 2 rings (SSSR count). The average molecular weight is 301 g/mol. The van der Waals surface area contributed by atoms with Gasteiger partial charge in [-0.2, -0.15) is 13.2 Å². The number of alkyl halides is 3. The lowest BCUT2D eigenvalue weighted by molar-refractivity contribution is -0.133. The highest BCUT2D eigenvalue weighted by molar-refractivity contribution is 7.15. The number of thiophene rings is 1. The largest absolute Gasteiger partial charge is 0.477 e. The molecular weight excluding hydrogens is 291 g/mol. The van der Waals surface area contributed by atoms with E-state index >= 15 is 0 Å². The fourth-order valence-electron chi connectivity index (χ4n) is 1.90. The van der Waals surface area contributed by atoms with E-state index in [4.69, 9.17) is 5.11 Å². The van der Waals surface area contributed by atoms with E-state index in [1.54, 1.807) is 18.2 Å². The Kier molecular flexibility index (Phi) is 3.71. The predicted octanol–water partition coefficient (Wildman–Crippen LogP) is 4.17. The summed E-state index contributed by atoms with van der Waals surface area (Å²) in [5, 5.41) is 11.6. The van der Waals surface area contributed by atoms with Gasteiger partial charge in [-0.05, 0) is 5.56 Å². The second-order valence-electron chi connectivity index (χ2n) is 3.93. The first kappa shape index (κ1) is 14.4. The number of nitrogens with one attached hydrogen (secondary N) is 1. The van der Waals surface area contributed by atoms with Crippen molar-refractivity contribution in [3.05, 3.63) is 40.1 Å². The van der Waals surface area contributed by atoms with E-state index in [1.165, 1.54) is 19.2 Å². The number of carbonyl (C=O) groups is 1. The number of hydrogen-bond acceptors (Lipinski definition) is 3. The molecule has 1 aromatic heterocycles. The maximum Gasteiger partial charge on any atom is 0.426 e. The Morgan fingerprint density at radius 2 is 1.85 bits per heavy atom. The zero-order valence-corrected chi connectivity index (χ0v) is 11.1. The van der Waals surface area contributed by atoms with E-state index in [0.717, 1.165) is 0 Å². The van der Waals surface area contributed by atoms with Gasteiger partial charge in [-0.25, -0.2) is 4.79 Å². The Morgan fingerprint density at radius 1 is 1.25 bits per heavy atom. The van der Waals surface area contributed by atoms with Crippen molar-refractivity contribution in [3.63, 3.8) is 0 Å². The third-order valence-electron chi connectivity index (χ3n) is 2.67. The van der Waals surface area contributed by atoms with Crippen molar-refractivity contribution in [1.29, 1.82) is 0 Å². The molecule has 0 amide bonds. The molecule has 1 aromatic carbocycles. The molecule has 0 bridgehead atoms. The number of benzene rings is 1. The quantitative estimate of drug-likeness (QED) is 0.894. The van der Waals surface area contributed by atoms with Gasteiger partial charge in [0.1, 0.15) is 9.75 Å². The van der Waals surface area contributed by atoms with Crippen LogP contribution in [0.3, 0.4) is 0 Å². The van der Waals surface area contributed by atoms with Gasteiger partial charge in [0.05, 0.1) is 5.69 Å². The molecule has 2 aromatic rings. The summed E-state index contributed by atoms with van der Waals surface area (Å²) >= 11 is 0.234. The van der Waals surface area contributed by atoms with Crippen molar-refractivity contribution in [2.75, 3.05) is 12.4 Å². The van der Waals surface area contributed by atoms with E-state index < -0.39 is 17.0 Å². The van der Waals surface area contributed by atoms with Crippen LogP contribution in [0.2, 0.25) is 0 Å². The molecule has 0 fully saturated rings. The minimum atomic E-state index is -4.60. The summed E-state index contributed by atoms with van der Waals surface area (Å²) in [6.45, 7) is 0. The first-order valence-corrected chi connectivity index (χ1v) is 6.38. The van der Waals surface area contributed by atoms with Crippen molar-refractivity contribution < 1.29 is 23.1 Å². The summed E-state index contributed by atoms with van der Waals surface area (Å²) in [5.74, 6) is -1.38. The van der Waals surface area contributed by atoms with E-state index in [2.05, 4.69) is 5.32 Å². The van der Waals surface area contributed by atoms with Crippen LogP contribution in [-0.2, 0) is 6.18 Å². The zero-order valence-electron chi connectivity index (χ0n) is 10.3. The molecule has 3 nitrogen and oxygen atoms in total. The Hall–Kier alpha value is -2.02. The summed E-state index contributed by atoms with van der Waals surface area (Å²) in [5.41, 5.74) is 0.192. The van der Waals surface area contributed by atoms with Crippen molar-refractivity contribution in [1.82, 2.24) is 0 Å². The molecule has 0 atom stereocenters. The van der Waals surface area contributed by atoms with Crippen molar-refractivity contribution in [2.24, 2.45) is 0 Å². The minimum Gasteiger partial charge on any atom is -0.477 e. The maximum atomic E-state index is 13.1. The third-order valence-corrected chi connectivity index (χ3v) is 3.89. The Labute approximate surface area is 116 Å². The summed E-state index contributed by atoms with van der Waals surface area (Å²) in [6.07, 6.45) is -4.60. The molecule has 0 radical (unpaired) electrons. The molecule has 20 heavy (non-hydrogen) atoms. The number of carboxylic acids is 1. The monoisotopic (exact) mass is 301 g/mol. The van der Waals surface area contributed by atoms with Gasteiger partial charge in [0.15, 0.2) is 0 Å². The Bertz CT molecular complexity index is 635. The number of hydrogen-bond donors (Lipinski definition) is 2. The molecule has 0 aliphatic rings. The van der Waals surface area contributed by atoms with Gasteiger partial charge in [-0.3, -0.25) is 0 Å². The molecule has 0 spiro atoms. The van der Waals surface area contributed by atoms with Crippen LogP contribution in [0.15, 0.2) is 30.3 Å². The summed E-state index contributed by atoms with van der Waals surface area (Å²) < 4.78 is 39.4. The fraction of sp³-hybridized carbons (Fsp3) is 0.154. The van der Waals surface area contributed by atoms with Crippen LogP contribution < -0.4 is 5.32 Å². The van der Waals surface area contributed by atoms with Gasteiger partial charge >= 0.3 is 12.1 Å². The second-order valence-corrected chi connectivity index (χ2v) is 4.95. The highest BCUT2D eigenvalue weighted by Gasteiger charge is 2.39.